The fraction of sp³-hybridized carbons (Fsp3) is 0.600. The van der Waals surface area contributed by atoms with Gasteiger partial charge in [0, 0.05) is 32.9 Å². The maximum atomic E-state index is 11.7. The number of methoxy groups -OCH3 is 1. The van der Waals surface area contributed by atoms with Crippen molar-refractivity contribution >= 4 is 14.0 Å². The van der Waals surface area contributed by atoms with Crippen LogP contribution >= 0.6 is 0 Å². The van der Waals surface area contributed by atoms with Gasteiger partial charge in [-0.3, -0.25) is 0 Å². The van der Waals surface area contributed by atoms with Gasteiger partial charge in [-0.05, 0) is 19.4 Å². The summed E-state index contributed by atoms with van der Waals surface area (Å²) in [7, 11) is 0.186. The summed E-state index contributed by atoms with van der Waals surface area (Å²) in [5, 5.41) is 0. The Hall–Kier alpha value is -2.06. The molecule has 0 aromatic carbocycles. The Morgan fingerprint density at radius 2 is 1.96 bits per heavy atom. The lowest BCUT2D eigenvalue weighted by Crippen LogP contribution is -2.22. The van der Waals surface area contributed by atoms with Crippen LogP contribution in [0, 0.1) is 6.92 Å². The molecule has 0 spiro atoms. The van der Waals surface area contributed by atoms with E-state index in [1.54, 1.807) is 6.20 Å². The number of ether oxygens (including phenoxy) is 2. The minimum Gasteiger partial charge on any atom is -0.463 e. The molecule has 2 heterocycles. The highest BCUT2D eigenvalue weighted by Gasteiger charge is 2.18. The Bertz CT molecular complexity index is 799. The lowest BCUT2D eigenvalue weighted by molar-refractivity contribution is 0.0586. The Morgan fingerprint density at radius 1 is 1.21 bits per heavy atom. The van der Waals surface area contributed by atoms with E-state index in [0.717, 1.165) is 49.0 Å². The van der Waals surface area contributed by atoms with Crippen molar-refractivity contribution in [3.63, 3.8) is 0 Å². The summed E-state index contributed by atoms with van der Waals surface area (Å²) in [4.78, 5) is 24.8. The fourth-order valence-corrected chi connectivity index (χ4v) is 3.51. The fourth-order valence-electron chi connectivity index (χ4n) is 2.75. The molecule has 0 aliphatic rings. The first kappa shape index (κ1) is 22.2. The lowest BCUT2D eigenvalue weighted by Gasteiger charge is -2.17. The number of aryl methyl sites for hydroxylation is 2. The molecule has 0 aliphatic heterocycles. The zero-order valence-electron chi connectivity index (χ0n) is 17.9. The smallest absolute Gasteiger partial charge is 0.376 e. The third-order valence-corrected chi connectivity index (χ3v) is 6.24. The van der Waals surface area contributed by atoms with Gasteiger partial charge in [-0.25, -0.2) is 19.7 Å². The van der Waals surface area contributed by atoms with Crippen LogP contribution in [0.15, 0.2) is 12.4 Å². The third kappa shape index (κ3) is 5.97. The molecule has 2 aromatic rings. The molecule has 0 amide bonds. The number of carbonyl (C=O) groups is 1. The van der Waals surface area contributed by atoms with E-state index in [4.69, 9.17) is 9.47 Å². The van der Waals surface area contributed by atoms with E-state index < -0.39 is 14.0 Å². The van der Waals surface area contributed by atoms with Crippen LogP contribution in [-0.2, 0) is 22.6 Å². The molecule has 28 heavy (non-hydrogen) atoms. The minimum absolute atomic E-state index is 0.0624. The number of carbonyl (C=O) groups excluding carboxylic acids is 1. The standard InChI is InChI=1S/C20H32N4O3Si/c1-7-8-9-18-21-13-17(24(18)14-27-10-11-28(4,5)6)16-12-22-19(20(25)26-3)23-15(16)2/h12-13H,7-11,14H2,1-6H3. The highest BCUT2D eigenvalue weighted by Crippen LogP contribution is 2.24. The molecule has 2 rings (SSSR count). The average Bonchev–Trinajstić information content (AvgIpc) is 3.04. The molecule has 2 aromatic heterocycles. The summed E-state index contributed by atoms with van der Waals surface area (Å²) >= 11 is 0. The van der Waals surface area contributed by atoms with Crippen LogP contribution in [0.4, 0.5) is 0 Å². The molecule has 0 aliphatic carbocycles. The van der Waals surface area contributed by atoms with Crippen molar-refractivity contribution in [3.8, 4) is 11.3 Å². The molecule has 0 saturated heterocycles. The Balaban J connectivity index is 2.28. The molecular weight excluding hydrogens is 372 g/mol. The van der Waals surface area contributed by atoms with Gasteiger partial charge in [-0.15, -0.1) is 0 Å². The van der Waals surface area contributed by atoms with Gasteiger partial charge in [0.15, 0.2) is 0 Å². The van der Waals surface area contributed by atoms with Gasteiger partial charge in [0.1, 0.15) is 12.6 Å². The highest BCUT2D eigenvalue weighted by atomic mass is 28.3. The molecule has 0 unspecified atom stereocenters. The summed E-state index contributed by atoms with van der Waals surface area (Å²) < 4.78 is 12.8. The second-order valence-corrected chi connectivity index (χ2v) is 13.7. The number of imidazole rings is 1. The van der Waals surface area contributed by atoms with Gasteiger partial charge in [0.25, 0.3) is 0 Å². The van der Waals surface area contributed by atoms with Gasteiger partial charge in [-0.2, -0.15) is 0 Å². The van der Waals surface area contributed by atoms with Crippen molar-refractivity contribution in [1.82, 2.24) is 19.5 Å². The van der Waals surface area contributed by atoms with E-state index >= 15 is 0 Å². The van der Waals surface area contributed by atoms with Crippen molar-refractivity contribution in [2.75, 3.05) is 13.7 Å². The molecule has 7 nitrogen and oxygen atoms in total. The maximum absolute atomic E-state index is 11.7. The first-order valence-electron chi connectivity index (χ1n) is 9.81. The predicted octanol–water partition coefficient (Wildman–Crippen LogP) is 4.09. The Morgan fingerprint density at radius 3 is 2.57 bits per heavy atom. The molecule has 0 radical (unpaired) electrons. The van der Waals surface area contributed by atoms with E-state index in [0.29, 0.717) is 12.4 Å². The summed E-state index contributed by atoms with van der Waals surface area (Å²) in [6.07, 6.45) is 6.58. The topological polar surface area (TPSA) is 79.1 Å². The molecule has 0 N–H and O–H groups in total. The summed E-state index contributed by atoms with van der Waals surface area (Å²) in [6, 6.07) is 1.12. The van der Waals surface area contributed by atoms with Crippen LogP contribution in [0.25, 0.3) is 11.3 Å². The number of rotatable bonds is 10. The number of aromatic nitrogens is 4. The largest absolute Gasteiger partial charge is 0.463 e. The molecule has 0 atom stereocenters. The van der Waals surface area contributed by atoms with Crippen LogP contribution in [0.3, 0.4) is 0 Å². The minimum atomic E-state index is -1.13. The molecule has 0 fully saturated rings. The van der Waals surface area contributed by atoms with Gasteiger partial charge in [0.05, 0.1) is 24.7 Å². The number of hydrogen-bond donors (Lipinski definition) is 0. The van der Waals surface area contributed by atoms with Crippen molar-refractivity contribution in [2.24, 2.45) is 0 Å². The first-order chi connectivity index (χ1) is 13.3. The number of hydrogen-bond acceptors (Lipinski definition) is 6. The van der Waals surface area contributed by atoms with Crippen molar-refractivity contribution in [1.29, 1.82) is 0 Å². The molecule has 8 heteroatoms. The second-order valence-electron chi connectivity index (χ2n) is 8.12. The summed E-state index contributed by atoms with van der Waals surface area (Å²) in [5.74, 6) is 0.523. The average molecular weight is 405 g/mol. The van der Waals surface area contributed by atoms with E-state index in [9.17, 15) is 4.79 Å². The van der Waals surface area contributed by atoms with Gasteiger partial charge in [-0.1, -0.05) is 33.0 Å². The van der Waals surface area contributed by atoms with Crippen LogP contribution < -0.4 is 0 Å². The van der Waals surface area contributed by atoms with Crippen LogP contribution in [0.2, 0.25) is 25.7 Å². The number of esters is 1. The van der Waals surface area contributed by atoms with E-state index in [-0.39, 0.29) is 5.82 Å². The van der Waals surface area contributed by atoms with Gasteiger partial charge in [0.2, 0.25) is 5.82 Å². The summed E-state index contributed by atoms with van der Waals surface area (Å²) in [5.41, 5.74) is 2.46. The van der Waals surface area contributed by atoms with Crippen LogP contribution in [0.5, 0.6) is 0 Å². The third-order valence-electron chi connectivity index (χ3n) is 4.53. The second kappa shape index (κ2) is 9.93. The van der Waals surface area contributed by atoms with Gasteiger partial charge >= 0.3 is 5.97 Å². The zero-order chi connectivity index (χ0) is 20.7. The zero-order valence-corrected chi connectivity index (χ0v) is 18.9. The van der Waals surface area contributed by atoms with E-state index in [1.165, 1.54) is 7.11 Å². The molecular formula is C20H32N4O3Si. The maximum Gasteiger partial charge on any atom is 0.376 e. The molecule has 0 bridgehead atoms. The highest BCUT2D eigenvalue weighted by molar-refractivity contribution is 6.76. The monoisotopic (exact) mass is 404 g/mol. The quantitative estimate of drug-likeness (QED) is 0.337. The lowest BCUT2D eigenvalue weighted by atomic mass is 10.2. The Labute approximate surface area is 168 Å². The predicted molar refractivity (Wildman–Crippen MR) is 112 cm³/mol. The summed E-state index contributed by atoms with van der Waals surface area (Å²) in [6.45, 7) is 12.3. The first-order valence-corrected chi connectivity index (χ1v) is 13.5. The normalized spacial score (nSPS) is 11.6. The van der Waals surface area contributed by atoms with Crippen LogP contribution in [0.1, 0.15) is 41.9 Å². The number of unbranched alkanes of at least 4 members (excludes halogenated alkanes) is 1. The van der Waals surface area contributed by atoms with E-state index in [2.05, 4.69) is 46.1 Å². The molecule has 0 saturated carbocycles. The SMILES string of the molecule is CCCCc1ncc(-c2cnc(C(=O)OC)nc2C)n1COCC[Si](C)(C)C. The van der Waals surface area contributed by atoms with Crippen molar-refractivity contribution in [3.05, 3.63) is 29.7 Å². The van der Waals surface area contributed by atoms with Crippen molar-refractivity contribution in [2.45, 2.75) is 65.5 Å². The van der Waals surface area contributed by atoms with Crippen molar-refractivity contribution < 1.29 is 14.3 Å². The number of nitrogens with zero attached hydrogens (tertiary/aromatic N) is 4. The van der Waals surface area contributed by atoms with E-state index in [1.807, 2.05) is 13.1 Å². The molecule has 154 valence electrons. The Kier molecular flexibility index (Phi) is 7.88. The van der Waals surface area contributed by atoms with Crippen LogP contribution in [-0.4, -0.2) is 47.3 Å². The van der Waals surface area contributed by atoms with Gasteiger partial charge < -0.3 is 14.0 Å².